The van der Waals surface area contributed by atoms with E-state index in [9.17, 15) is 9.90 Å². The minimum atomic E-state index is -1.05. The number of anilines is 2. The monoisotopic (exact) mass is 301 g/mol. The van der Waals surface area contributed by atoms with Crippen molar-refractivity contribution in [3.8, 4) is 0 Å². The van der Waals surface area contributed by atoms with Crippen molar-refractivity contribution in [3.05, 3.63) is 58.9 Å². The van der Waals surface area contributed by atoms with E-state index in [1.165, 1.54) is 4.40 Å². The fourth-order valence-electron chi connectivity index (χ4n) is 2.16. The van der Waals surface area contributed by atoms with Gasteiger partial charge in [0, 0.05) is 16.9 Å². The summed E-state index contributed by atoms with van der Waals surface area (Å²) >= 11 is 6.08. The maximum atomic E-state index is 11.5. The SMILES string of the molecule is Cc1c(Cl)cccc1Nc1nc2ccccn2c1C(=O)O. The third-order valence-electron chi connectivity index (χ3n) is 3.25. The predicted molar refractivity (Wildman–Crippen MR) is 81.6 cm³/mol. The van der Waals surface area contributed by atoms with E-state index in [4.69, 9.17) is 11.6 Å². The zero-order valence-electron chi connectivity index (χ0n) is 11.2. The van der Waals surface area contributed by atoms with Crippen LogP contribution >= 0.6 is 11.6 Å². The second kappa shape index (κ2) is 5.10. The van der Waals surface area contributed by atoms with E-state index in [2.05, 4.69) is 10.3 Å². The summed E-state index contributed by atoms with van der Waals surface area (Å²) in [5.74, 6) is -0.755. The van der Waals surface area contributed by atoms with Crippen LogP contribution in [0.1, 0.15) is 16.1 Å². The van der Waals surface area contributed by atoms with Gasteiger partial charge in [-0.3, -0.25) is 4.40 Å². The Kier molecular flexibility index (Phi) is 3.27. The summed E-state index contributed by atoms with van der Waals surface area (Å²) in [5, 5.41) is 13.1. The lowest BCUT2D eigenvalue weighted by Gasteiger charge is -2.09. The number of pyridine rings is 1. The van der Waals surface area contributed by atoms with Gasteiger partial charge in [-0.1, -0.05) is 23.7 Å². The molecule has 2 N–H and O–H groups in total. The molecule has 0 spiro atoms. The van der Waals surface area contributed by atoms with Crippen molar-refractivity contribution in [2.24, 2.45) is 0 Å². The van der Waals surface area contributed by atoms with E-state index in [1.54, 1.807) is 30.5 Å². The van der Waals surface area contributed by atoms with Crippen LogP contribution in [0.25, 0.3) is 5.65 Å². The van der Waals surface area contributed by atoms with Gasteiger partial charge < -0.3 is 10.4 Å². The Morgan fingerprint density at radius 1 is 1.29 bits per heavy atom. The largest absolute Gasteiger partial charge is 0.476 e. The first-order chi connectivity index (χ1) is 10.1. The van der Waals surface area contributed by atoms with Crippen molar-refractivity contribution < 1.29 is 9.90 Å². The second-order valence-corrected chi connectivity index (χ2v) is 4.99. The predicted octanol–water partition coefficient (Wildman–Crippen LogP) is 3.74. The molecule has 3 aromatic rings. The Bertz CT molecular complexity index is 842. The fraction of sp³-hybridized carbons (Fsp3) is 0.0667. The van der Waals surface area contributed by atoms with E-state index >= 15 is 0 Å². The number of nitrogens with zero attached hydrogens (tertiary/aromatic N) is 2. The smallest absolute Gasteiger partial charge is 0.356 e. The number of rotatable bonds is 3. The van der Waals surface area contributed by atoms with Gasteiger partial charge in [0.05, 0.1) is 0 Å². The van der Waals surface area contributed by atoms with Gasteiger partial charge in [-0.05, 0) is 36.8 Å². The van der Waals surface area contributed by atoms with E-state index in [0.29, 0.717) is 16.5 Å². The molecule has 0 aliphatic carbocycles. The number of nitrogens with one attached hydrogen (secondary N) is 1. The number of carbonyl (C=O) groups is 1. The molecule has 2 heterocycles. The van der Waals surface area contributed by atoms with Gasteiger partial charge in [0.25, 0.3) is 0 Å². The molecule has 106 valence electrons. The molecule has 0 fully saturated rings. The Morgan fingerprint density at radius 3 is 2.86 bits per heavy atom. The molecule has 0 unspecified atom stereocenters. The van der Waals surface area contributed by atoms with Gasteiger partial charge in [0.2, 0.25) is 0 Å². The van der Waals surface area contributed by atoms with Gasteiger partial charge in [0.15, 0.2) is 11.5 Å². The number of carboxylic acids is 1. The summed E-state index contributed by atoms with van der Waals surface area (Å²) < 4.78 is 1.53. The molecule has 0 saturated carbocycles. The van der Waals surface area contributed by atoms with Crippen molar-refractivity contribution in [2.45, 2.75) is 6.92 Å². The highest BCUT2D eigenvalue weighted by molar-refractivity contribution is 6.31. The second-order valence-electron chi connectivity index (χ2n) is 4.58. The third kappa shape index (κ3) is 2.32. The van der Waals surface area contributed by atoms with Crippen LogP contribution in [0.2, 0.25) is 5.02 Å². The maximum absolute atomic E-state index is 11.5. The number of hydrogen-bond acceptors (Lipinski definition) is 3. The molecule has 1 aromatic carbocycles. The van der Waals surface area contributed by atoms with Crippen LogP contribution in [0.15, 0.2) is 42.6 Å². The zero-order chi connectivity index (χ0) is 15.0. The summed E-state index contributed by atoms with van der Waals surface area (Å²) in [6.07, 6.45) is 1.67. The molecule has 2 aromatic heterocycles. The first kappa shape index (κ1) is 13.5. The van der Waals surface area contributed by atoms with Crippen LogP contribution in [0, 0.1) is 6.92 Å². The number of fused-ring (bicyclic) bond motifs is 1. The third-order valence-corrected chi connectivity index (χ3v) is 3.66. The van der Waals surface area contributed by atoms with Gasteiger partial charge in [-0.15, -0.1) is 0 Å². The van der Waals surface area contributed by atoms with Crippen LogP contribution < -0.4 is 5.32 Å². The van der Waals surface area contributed by atoms with Crippen LogP contribution in [-0.2, 0) is 0 Å². The van der Waals surface area contributed by atoms with Gasteiger partial charge in [-0.2, -0.15) is 0 Å². The average Bonchev–Trinajstić information content (AvgIpc) is 2.82. The highest BCUT2D eigenvalue weighted by Gasteiger charge is 2.19. The molecule has 0 aliphatic heterocycles. The molecule has 0 bridgehead atoms. The number of aromatic carboxylic acids is 1. The summed E-state index contributed by atoms with van der Waals surface area (Å²) in [7, 11) is 0. The molecule has 0 aliphatic rings. The maximum Gasteiger partial charge on any atom is 0.356 e. The number of aromatic nitrogens is 2. The Labute approximate surface area is 125 Å². The molecule has 0 saturated heterocycles. The molecule has 0 radical (unpaired) electrons. The molecule has 5 nitrogen and oxygen atoms in total. The Morgan fingerprint density at radius 2 is 2.10 bits per heavy atom. The van der Waals surface area contributed by atoms with Gasteiger partial charge in [0.1, 0.15) is 5.65 Å². The van der Waals surface area contributed by atoms with E-state index < -0.39 is 5.97 Å². The first-order valence-corrected chi connectivity index (χ1v) is 6.68. The minimum absolute atomic E-state index is 0.0879. The summed E-state index contributed by atoms with van der Waals surface area (Å²) in [4.78, 5) is 15.8. The van der Waals surface area contributed by atoms with Crippen LogP contribution in [0.5, 0.6) is 0 Å². The number of imidazole rings is 1. The van der Waals surface area contributed by atoms with E-state index in [0.717, 1.165) is 11.3 Å². The number of benzene rings is 1. The van der Waals surface area contributed by atoms with Crippen molar-refractivity contribution >= 4 is 34.7 Å². The van der Waals surface area contributed by atoms with Crippen molar-refractivity contribution in [1.29, 1.82) is 0 Å². The lowest BCUT2D eigenvalue weighted by molar-refractivity contribution is 0.0690. The molecule has 0 atom stereocenters. The van der Waals surface area contributed by atoms with E-state index in [1.807, 2.05) is 19.1 Å². The number of hydrogen-bond donors (Lipinski definition) is 2. The Balaban J connectivity index is 2.14. The highest BCUT2D eigenvalue weighted by Crippen LogP contribution is 2.28. The van der Waals surface area contributed by atoms with Crippen molar-refractivity contribution in [2.75, 3.05) is 5.32 Å². The molecule has 6 heteroatoms. The standard InChI is InChI=1S/C15H12ClN3O2/c1-9-10(16)5-4-6-11(9)17-14-13(15(20)21)19-8-3-2-7-12(19)18-14/h2-8,17H,1H3,(H,20,21). The molecular formula is C15H12ClN3O2. The summed E-state index contributed by atoms with van der Waals surface area (Å²) in [5.41, 5.74) is 2.23. The molecular weight excluding hydrogens is 290 g/mol. The average molecular weight is 302 g/mol. The lowest BCUT2D eigenvalue weighted by Crippen LogP contribution is -2.05. The molecule has 0 amide bonds. The number of halogens is 1. The zero-order valence-corrected chi connectivity index (χ0v) is 11.9. The number of carboxylic acid groups (broad SMARTS) is 1. The molecule has 21 heavy (non-hydrogen) atoms. The van der Waals surface area contributed by atoms with Gasteiger partial charge >= 0.3 is 5.97 Å². The van der Waals surface area contributed by atoms with Crippen LogP contribution in [0.4, 0.5) is 11.5 Å². The van der Waals surface area contributed by atoms with Crippen LogP contribution in [-0.4, -0.2) is 20.5 Å². The van der Waals surface area contributed by atoms with Crippen LogP contribution in [0.3, 0.4) is 0 Å². The first-order valence-electron chi connectivity index (χ1n) is 6.30. The quantitative estimate of drug-likeness (QED) is 0.773. The fourth-order valence-corrected chi connectivity index (χ4v) is 2.33. The highest BCUT2D eigenvalue weighted by atomic mass is 35.5. The lowest BCUT2D eigenvalue weighted by atomic mass is 10.2. The van der Waals surface area contributed by atoms with Crippen molar-refractivity contribution in [3.63, 3.8) is 0 Å². The summed E-state index contributed by atoms with van der Waals surface area (Å²) in [6.45, 7) is 1.86. The van der Waals surface area contributed by atoms with Crippen molar-refractivity contribution in [1.82, 2.24) is 9.38 Å². The van der Waals surface area contributed by atoms with E-state index in [-0.39, 0.29) is 5.69 Å². The summed E-state index contributed by atoms with van der Waals surface area (Å²) in [6, 6.07) is 10.7. The minimum Gasteiger partial charge on any atom is -0.476 e. The normalized spacial score (nSPS) is 10.8. The topological polar surface area (TPSA) is 66.6 Å². The Hall–Kier alpha value is -2.53. The van der Waals surface area contributed by atoms with Gasteiger partial charge in [-0.25, -0.2) is 9.78 Å². The molecule has 3 rings (SSSR count).